The molecule has 1 fully saturated rings. The van der Waals surface area contributed by atoms with E-state index >= 15 is 0 Å². The minimum atomic E-state index is -1.34. The zero-order valence-electron chi connectivity index (χ0n) is 19.5. The lowest BCUT2D eigenvalue weighted by Gasteiger charge is -2.49. The van der Waals surface area contributed by atoms with Gasteiger partial charge in [0, 0.05) is 23.3 Å². The number of rotatable bonds is 10. The third kappa shape index (κ3) is 5.88. The Morgan fingerprint density at radius 1 is 1.28 bits per heavy atom. The van der Waals surface area contributed by atoms with Crippen molar-refractivity contribution in [2.24, 2.45) is 5.16 Å². The predicted octanol–water partition coefficient (Wildman–Crippen LogP) is 0.891. The van der Waals surface area contributed by atoms with Gasteiger partial charge in [0.1, 0.15) is 22.8 Å². The van der Waals surface area contributed by atoms with Gasteiger partial charge in [-0.15, -0.1) is 23.1 Å². The monoisotopic (exact) mass is 574 g/mol. The number of nitro groups is 1. The molecule has 2 atom stereocenters. The molecule has 1 saturated heterocycles. The van der Waals surface area contributed by atoms with Crippen LogP contribution in [0.1, 0.15) is 11.3 Å². The second kappa shape index (κ2) is 11.3. The molecule has 2 aliphatic rings. The number of thioether (sulfide) groups is 1. The molecule has 4 rings (SSSR count). The molecule has 0 aliphatic carbocycles. The Balaban J connectivity index is 1.51. The molecule has 5 N–H and O–H groups in total. The van der Waals surface area contributed by atoms with Gasteiger partial charge in [-0.25, -0.2) is 14.6 Å². The fraction of sp³-hybridized carbons (Fsp3) is 0.182. The minimum absolute atomic E-state index is 0.00472. The number of carboxylic acids is 2. The molecule has 15 nitrogen and oxygen atoms in total. The van der Waals surface area contributed by atoms with Crippen molar-refractivity contribution in [3.63, 3.8) is 0 Å². The molecule has 2 aliphatic heterocycles. The summed E-state index contributed by atoms with van der Waals surface area (Å²) in [4.78, 5) is 68.7. The van der Waals surface area contributed by atoms with Crippen LogP contribution in [0.4, 0.5) is 10.8 Å². The number of fused-ring (bicyclic) bond motifs is 1. The molecule has 1 aromatic carbocycles. The largest absolute Gasteiger partial charge is 0.479 e. The van der Waals surface area contributed by atoms with E-state index < -0.39 is 52.4 Å². The molecule has 202 valence electrons. The van der Waals surface area contributed by atoms with Gasteiger partial charge >= 0.3 is 11.9 Å². The van der Waals surface area contributed by atoms with E-state index in [0.717, 1.165) is 16.2 Å². The van der Waals surface area contributed by atoms with Crippen LogP contribution < -0.4 is 11.1 Å². The zero-order valence-corrected chi connectivity index (χ0v) is 21.2. The van der Waals surface area contributed by atoms with Gasteiger partial charge in [-0.2, -0.15) is 0 Å². The number of amides is 2. The number of nitrogens with zero attached hydrogens (tertiary/aromatic N) is 4. The van der Waals surface area contributed by atoms with E-state index in [4.69, 9.17) is 10.8 Å². The Bertz CT molecular complexity index is 1450. The van der Waals surface area contributed by atoms with Crippen molar-refractivity contribution in [1.82, 2.24) is 15.2 Å². The number of aliphatic carboxylic acids is 2. The van der Waals surface area contributed by atoms with Gasteiger partial charge in [-0.1, -0.05) is 17.3 Å². The molecule has 39 heavy (non-hydrogen) atoms. The van der Waals surface area contributed by atoms with Crippen molar-refractivity contribution in [3.05, 3.63) is 68.4 Å². The molecule has 2 aromatic rings. The van der Waals surface area contributed by atoms with E-state index in [0.29, 0.717) is 11.1 Å². The number of anilines is 1. The molecule has 2 amide bonds. The van der Waals surface area contributed by atoms with Crippen molar-refractivity contribution in [2.45, 2.75) is 11.4 Å². The van der Waals surface area contributed by atoms with Crippen LogP contribution in [0.5, 0.6) is 0 Å². The van der Waals surface area contributed by atoms with Crippen molar-refractivity contribution < 1.29 is 39.2 Å². The van der Waals surface area contributed by atoms with Gasteiger partial charge in [0.25, 0.3) is 17.5 Å². The fourth-order valence-electron chi connectivity index (χ4n) is 3.64. The van der Waals surface area contributed by atoms with Crippen molar-refractivity contribution in [2.75, 3.05) is 18.1 Å². The Morgan fingerprint density at radius 2 is 2.00 bits per heavy atom. The number of nitro benzene ring substituents is 1. The summed E-state index contributed by atoms with van der Waals surface area (Å²) >= 11 is 2.22. The third-order valence-electron chi connectivity index (χ3n) is 5.39. The normalized spacial score (nSPS) is 18.9. The SMILES string of the molecule is Nc1nc(/C(=N\OCC(=O)O)C(=O)NC2C(=O)N3C(C(=O)O)=C(/C=C/c4ccc([N+](=O)[O-])cc4)CS[C@H]23)cs1. The van der Waals surface area contributed by atoms with E-state index in [2.05, 4.69) is 20.3 Å². The summed E-state index contributed by atoms with van der Waals surface area (Å²) in [5.41, 5.74) is 5.79. The summed E-state index contributed by atoms with van der Waals surface area (Å²) in [6.45, 7) is -0.825. The first-order chi connectivity index (χ1) is 18.6. The van der Waals surface area contributed by atoms with E-state index in [9.17, 15) is 34.4 Å². The lowest BCUT2D eigenvalue weighted by atomic mass is 10.0. The van der Waals surface area contributed by atoms with Crippen molar-refractivity contribution in [1.29, 1.82) is 0 Å². The predicted molar refractivity (Wildman–Crippen MR) is 138 cm³/mol. The van der Waals surface area contributed by atoms with Gasteiger partial charge in [-0.05, 0) is 23.3 Å². The standard InChI is InChI=1S/C22H18N6O9S2/c23-22-24-13(9-39-22)15(26-37-7-14(29)30)18(31)25-16-19(32)27-17(21(33)34)11(8-38-20(16)27)4-1-10-2-5-12(6-3-10)28(35)36/h1-6,9,16,20H,7-8H2,(H2,23,24)(H,25,31)(H,29,30)(H,33,34)/b4-1+,26-15+/t16?,20-/m1/s1. The summed E-state index contributed by atoms with van der Waals surface area (Å²) < 4.78 is 0. The maximum atomic E-state index is 13.0. The van der Waals surface area contributed by atoms with E-state index in [-0.39, 0.29) is 28.0 Å². The molecule has 1 aromatic heterocycles. The number of nitrogens with two attached hydrogens (primary N) is 1. The number of hydrogen-bond donors (Lipinski definition) is 4. The molecule has 0 spiro atoms. The van der Waals surface area contributed by atoms with Gasteiger partial charge in [0.2, 0.25) is 6.61 Å². The smallest absolute Gasteiger partial charge is 0.352 e. The van der Waals surface area contributed by atoms with Crippen LogP contribution in [0.2, 0.25) is 0 Å². The summed E-state index contributed by atoms with van der Waals surface area (Å²) in [6.07, 6.45) is 3.09. The molecule has 1 unspecified atom stereocenters. The van der Waals surface area contributed by atoms with E-state index in [1.54, 1.807) is 6.08 Å². The van der Waals surface area contributed by atoms with Crippen LogP contribution >= 0.6 is 23.1 Å². The molecule has 0 saturated carbocycles. The number of carboxylic acid groups (broad SMARTS) is 2. The zero-order chi connectivity index (χ0) is 28.3. The maximum absolute atomic E-state index is 13.0. The van der Waals surface area contributed by atoms with Crippen LogP contribution in [0.3, 0.4) is 0 Å². The number of nitrogen functional groups attached to an aromatic ring is 1. The first-order valence-electron chi connectivity index (χ1n) is 10.8. The lowest BCUT2D eigenvalue weighted by Crippen LogP contribution is -2.71. The number of benzene rings is 1. The van der Waals surface area contributed by atoms with Crippen molar-refractivity contribution in [3.8, 4) is 0 Å². The Hall–Kier alpha value is -4.77. The van der Waals surface area contributed by atoms with Crippen LogP contribution in [-0.2, 0) is 24.0 Å². The number of oxime groups is 1. The van der Waals surface area contributed by atoms with Crippen LogP contribution in [0, 0.1) is 10.1 Å². The van der Waals surface area contributed by atoms with Crippen LogP contribution in [-0.4, -0.2) is 78.3 Å². The summed E-state index contributed by atoms with van der Waals surface area (Å²) in [7, 11) is 0. The van der Waals surface area contributed by atoms with Gasteiger partial charge < -0.3 is 26.1 Å². The maximum Gasteiger partial charge on any atom is 0.352 e. The summed E-state index contributed by atoms with van der Waals surface area (Å²) in [6, 6.07) is 4.54. The highest BCUT2D eigenvalue weighted by molar-refractivity contribution is 8.00. The van der Waals surface area contributed by atoms with Crippen LogP contribution in [0.15, 0.2) is 52.1 Å². The van der Waals surface area contributed by atoms with Gasteiger partial charge in [0.05, 0.1) is 4.92 Å². The van der Waals surface area contributed by atoms with Crippen LogP contribution in [0.25, 0.3) is 6.08 Å². The van der Waals surface area contributed by atoms with Gasteiger partial charge in [-0.3, -0.25) is 24.6 Å². The third-order valence-corrected chi connectivity index (χ3v) is 7.37. The number of β-lactam (4-membered cyclic amide) rings is 1. The molecule has 3 heterocycles. The quantitative estimate of drug-likeness (QED) is 0.134. The second-order valence-electron chi connectivity index (χ2n) is 7.90. The average molecular weight is 575 g/mol. The first kappa shape index (κ1) is 27.3. The Morgan fingerprint density at radius 3 is 2.59 bits per heavy atom. The number of aromatic nitrogens is 1. The minimum Gasteiger partial charge on any atom is -0.479 e. The highest BCUT2D eigenvalue weighted by atomic mass is 32.2. The second-order valence-corrected chi connectivity index (χ2v) is 9.89. The van der Waals surface area contributed by atoms with E-state index in [1.165, 1.54) is 47.5 Å². The van der Waals surface area contributed by atoms with Crippen molar-refractivity contribution >= 4 is 69.5 Å². The Labute approximate surface area is 226 Å². The molecule has 0 radical (unpaired) electrons. The van der Waals surface area contributed by atoms with E-state index in [1.807, 2.05) is 0 Å². The lowest BCUT2D eigenvalue weighted by molar-refractivity contribution is -0.384. The summed E-state index contributed by atoms with van der Waals surface area (Å²) in [5, 5.41) is 36.2. The number of thiazole rings is 1. The number of allylic oxidation sites excluding steroid dienone is 1. The fourth-order valence-corrected chi connectivity index (χ4v) is 5.50. The topological polar surface area (TPSA) is 228 Å². The number of hydrogen-bond acceptors (Lipinski definition) is 12. The number of carbonyl (C=O) groups excluding carboxylic acids is 2. The first-order valence-corrected chi connectivity index (χ1v) is 12.8. The highest BCUT2D eigenvalue weighted by Crippen LogP contribution is 2.40. The summed E-state index contributed by atoms with van der Waals surface area (Å²) in [5.74, 6) is -4.05. The number of carbonyl (C=O) groups is 4. The number of nitrogens with one attached hydrogen (secondary N) is 1. The molecular formula is C22H18N6O9S2. The molecule has 0 bridgehead atoms. The highest BCUT2D eigenvalue weighted by Gasteiger charge is 2.54. The molecule has 17 heteroatoms. The Kier molecular flexibility index (Phi) is 7.91. The average Bonchev–Trinajstić information content (AvgIpc) is 3.33. The van der Waals surface area contributed by atoms with Gasteiger partial charge in [0.15, 0.2) is 10.8 Å². The number of non-ortho nitro benzene ring substituents is 1. The molecular weight excluding hydrogens is 556 g/mol.